The Balaban J connectivity index is 3.12. The fourth-order valence-electron chi connectivity index (χ4n) is 2.20. The molecule has 0 spiro atoms. The molecule has 0 saturated carbocycles. The van der Waals surface area contributed by atoms with Crippen molar-refractivity contribution in [3.8, 4) is 0 Å². The van der Waals surface area contributed by atoms with E-state index in [1.807, 2.05) is 0 Å². The van der Waals surface area contributed by atoms with Gasteiger partial charge >= 0.3 is 0 Å². The third kappa shape index (κ3) is 13.7. The maximum atomic E-state index is 10.8. The van der Waals surface area contributed by atoms with E-state index in [4.69, 9.17) is 0 Å². The first kappa shape index (κ1) is 17.6. The maximum absolute atomic E-state index is 10.8. The highest BCUT2D eigenvalue weighted by Gasteiger charge is 2.05. The zero-order valence-corrected chi connectivity index (χ0v) is 12.4. The van der Waals surface area contributed by atoms with Crippen LogP contribution in [0.4, 0.5) is 0 Å². The summed E-state index contributed by atoms with van der Waals surface area (Å²) in [7, 11) is 0. The van der Waals surface area contributed by atoms with Crippen molar-refractivity contribution in [2.45, 2.75) is 97.0 Å². The van der Waals surface area contributed by atoms with E-state index in [1.54, 1.807) is 6.92 Å². The van der Waals surface area contributed by atoms with Gasteiger partial charge in [-0.05, 0) is 19.8 Å². The van der Waals surface area contributed by atoms with Crippen LogP contribution >= 0.6 is 0 Å². The molecule has 0 heterocycles. The van der Waals surface area contributed by atoms with Crippen LogP contribution in [0.5, 0.6) is 0 Å². The smallest absolute Gasteiger partial charge is 0.129 e. The molecule has 0 radical (unpaired) electrons. The molecule has 1 atom stereocenters. The van der Waals surface area contributed by atoms with Gasteiger partial charge in [0.1, 0.15) is 5.78 Å². The van der Waals surface area contributed by atoms with E-state index in [9.17, 15) is 9.90 Å². The minimum Gasteiger partial charge on any atom is -0.393 e. The average molecular weight is 256 g/mol. The molecule has 2 nitrogen and oxygen atoms in total. The van der Waals surface area contributed by atoms with Crippen molar-refractivity contribution in [2.24, 2.45) is 0 Å². The fourth-order valence-corrected chi connectivity index (χ4v) is 2.20. The van der Waals surface area contributed by atoms with E-state index in [0.29, 0.717) is 12.8 Å². The van der Waals surface area contributed by atoms with Crippen LogP contribution in [0.1, 0.15) is 90.9 Å². The number of hydrogen-bond acceptors (Lipinski definition) is 2. The van der Waals surface area contributed by atoms with Crippen molar-refractivity contribution in [3.63, 3.8) is 0 Å². The average Bonchev–Trinajstić information content (AvgIpc) is 2.34. The summed E-state index contributed by atoms with van der Waals surface area (Å²) in [5.41, 5.74) is 0. The molecule has 0 amide bonds. The number of unbranched alkanes of at least 4 members (excludes halogenated alkanes) is 8. The van der Waals surface area contributed by atoms with E-state index in [1.165, 1.54) is 51.4 Å². The molecule has 0 rings (SSSR count). The lowest BCUT2D eigenvalue weighted by atomic mass is 10.0. The number of carbonyl (C=O) groups excluding carboxylic acids is 1. The first-order chi connectivity index (χ1) is 8.66. The molecule has 0 aromatic rings. The van der Waals surface area contributed by atoms with E-state index < -0.39 is 0 Å². The molecule has 0 aliphatic heterocycles. The van der Waals surface area contributed by atoms with Crippen molar-refractivity contribution in [1.82, 2.24) is 0 Å². The van der Waals surface area contributed by atoms with Gasteiger partial charge in [-0.3, -0.25) is 0 Å². The van der Waals surface area contributed by atoms with E-state index >= 15 is 0 Å². The Labute approximate surface area is 113 Å². The van der Waals surface area contributed by atoms with Gasteiger partial charge in [0.15, 0.2) is 0 Å². The first-order valence-electron chi connectivity index (χ1n) is 7.84. The summed E-state index contributed by atoms with van der Waals surface area (Å²) < 4.78 is 0. The molecule has 18 heavy (non-hydrogen) atoms. The summed E-state index contributed by atoms with van der Waals surface area (Å²) >= 11 is 0. The number of Topliss-reactive ketones (excluding diaryl/α,β-unsaturated/α-hetero) is 1. The summed E-state index contributed by atoms with van der Waals surface area (Å²) in [6.45, 7) is 3.84. The Bertz CT molecular complexity index is 190. The van der Waals surface area contributed by atoms with E-state index in [0.717, 1.165) is 12.8 Å². The number of hydrogen-bond donors (Lipinski definition) is 1. The fraction of sp³-hybridized carbons (Fsp3) is 0.938. The molecule has 0 aromatic heterocycles. The van der Waals surface area contributed by atoms with Gasteiger partial charge in [0.05, 0.1) is 6.10 Å². The molecule has 1 N–H and O–H groups in total. The molecule has 0 aliphatic rings. The van der Waals surface area contributed by atoms with Crippen LogP contribution in [0.25, 0.3) is 0 Å². The molecular formula is C16H32O2. The topological polar surface area (TPSA) is 37.3 Å². The SMILES string of the molecule is CCCCCCCCCCCC(O)CCC(C)=O. The Morgan fingerprint density at radius 1 is 0.889 bits per heavy atom. The van der Waals surface area contributed by atoms with Gasteiger partial charge in [-0.2, -0.15) is 0 Å². The van der Waals surface area contributed by atoms with Crippen LogP contribution in [0.3, 0.4) is 0 Å². The molecule has 1 unspecified atom stereocenters. The van der Waals surface area contributed by atoms with Crippen molar-refractivity contribution >= 4 is 5.78 Å². The second-order valence-corrected chi connectivity index (χ2v) is 5.51. The summed E-state index contributed by atoms with van der Waals surface area (Å²) in [5, 5.41) is 9.65. The first-order valence-corrected chi connectivity index (χ1v) is 7.84. The van der Waals surface area contributed by atoms with Crippen molar-refractivity contribution in [3.05, 3.63) is 0 Å². The van der Waals surface area contributed by atoms with Crippen LogP contribution < -0.4 is 0 Å². The standard InChI is InChI=1S/C16H32O2/c1-3-4-5-6-7-8-9-10-11-12-16(18)14-13-15(2)17/h16,18H,3-14H2,1-2H3. The number of carbonyl (C=O) groups is 1. The maximum Gasteiger partial charge on any atom is 0.129 e. The molecule has 0 saturated heterocycles. The second-order valence-electron chi connectivity index (χ2n) is 5.51. The minimum absolute atomic E-state index is 0.182. The summed E-state index contributed by atoms with van der Waals surface area (Å²) in [6.07, 6.45) is 13.6. The van der Waals surface area contributed by atoms with Crippen LogP contribution in [0.2, 0.25) is 0 Å². The van der Waals surface area contributed by atoms with Gasteiger partial charge in [0, 0.05) is 6.42 Å². The number of aliphatic hydroxyl groups is 1. The van der Waals surface area contributed by atoms with E-state index in [2.05, 4.69) is 6.92 Å². The van der Waals surface area contributed by atoms with Gasteiger partial charge in [0.25, 0.3) is 0 Å². The zero-order valence-electron chi connectivity index (χ0n) is 12.4. The third-order valence-corrected chi connectivity index (χ3v) is 3.47. The lowest BCUT2D eigenvalue weighted by Crippen LogP contribution is -2.08. The number of rotatable bonds is 13. The molecular weight excluding hydrogens is 224 g/mol. The highest BCUT2D eigenvalue weighted by atomic mass is 16.3. The lowest BCUT2D eigenvalue weighted by Gasteiger charge is -2.08. The van der Waals surface area contributed by atoms with Crippen molar-refractivity contribution in [1.29, 1.82) is 0 Å². The van der Waals surface area contributed by atoms with Crippen molar-refractivity contribution < 1.29 is 9.90 Å². The van der Waals surface area contributed by atoms with Gasteiger partial charge in [-0.15, -0.1) is 0 Å². The quantitative estimate of drug-likeness (QED) is 0.487. The predicted molar refractivity (Wildman–Crippen MR) is 77.8 cm³/mol. The largest absolute Gasteiger partial charge is 0.393 e. The summed E-state index contributed by atoms with van der Waals surface area (Å²) in [5.74, 6) is 0.182. The van der Waals surface area contributed by atoms with Gasteiger partial charge in [-0.1, -0.05) is 64.7 Å². The van der Waals surface area contributed by atoms with Gasteiger partial charge < -0.3 is 9.90 Å². The molecule has 0 aliphatic carbocycles. The van der Waals surface area contributed by atoms with Gasteiger partial charge in [-0.25, -0.2) is 0 Å². The normalized spacial score (nSPS) is 12.6. The van der Waals surface area contributed by atoms with Crippen LogP contribution in [-0.2, 0) is 4.79 Å². The Morgan fingerprint density at radius 3 is 1.89 bits per heavy atom. The Morgan fingerprint density at radius 2 is 1.39 bits per heavy atom. The number of ketones is 1. The second kappa shape index (κ2) is 13.1. The van der Waals surface area contributed by atoms with E-state index in [-0.39, 0.29) is 11.9 Å². The highest BCUT2D eigenvalue weighted by molar-refractivity contribution is 5.75. The molecule has 108 valence electrons. The molecule has 0 aromatic carbocycles. The third-order valence-electron chi connectivity index (χ3n) is 3.47. The van der Waals surface area contributed by atoms with Gasteiger partial charge in [0.2, 0.25) is 0 Å². The minimum atomic E-state index is -0.265. The Hall–Kier alpha value is -0.370. The summed E-state index contributed by atoms with van der Waals surface area (Å²) in [6, 6.07) is 0. The molecule has 0 fully saturated rings. The van der Waals surface area contributed by atoms with Crippen LogP contribution in [-0.4, -0.2) is 17.0 Å². The van der Waals surface area contributed by atoms with Crippen LogP contribution in [0.15, 0.2) is 0 Å². The van der Waals surface area contributed by atoms with Crippen molar-refractivity contribution in [2.75, 3.05) is 0 Å². The number of aliphatic hydroxyl groups excluding tert-OH is 1. The lowest BCUT2D eigenvalue weighted by molar-refractivity contribution is -0.117. The summed E-state index contributed by atoms with van der Waals surface area (Å²) in [4.78, 5) is 10.8. The van der Waals surface area contributed by atoms with Crippen LogP contribution in [0, 0.1) is 0 Å². The molecule has 2 heteroatoms. The zero-order chi connectivity index (χ0) is 13.6. The predicted octanol–water partition coefficient (Wildman–Crippen LogP) is 4.64. The monoisotopic (exact) mass is 256 g/mol. The highest BCUT2D eigenvalue weighted by Crippen LogP contribution is 2.12. The Kier molecular flexibility index (Phi) is 12.8. The molecule has 0 bridgehead atoms.